The molecular formula is C50H64FN9O6. The summed E-state index contributed by atoms with van der Waals surface area (Å²) < 4.78 is 21.5. The fourth-order valence-electron chi connectivity index (χ4n) is 10.5. The summed E-state index contributed by atoms with van der Waals surface area (Å²) in [5.74, 6) is 0.285. The summed E-state index contributed by atoms with van der Waals surface area (Å²) in [6.45, 7) is 14.8. The van der Waals surface area contributed by atoms with E-state index < -0.39 is 24.3 Å². The number of likely N-dealkylation sites (N-methyl/N-ethyl adjacent to an activating group) is 1. The number of carbonyl (C=O) groups is 4. The molecule has 352 valence electrons. The predicted molar refractivity (Wildman–Crippen MR) is 250 cm³/mol. The third-order valence-corrected chi connectivity index (χ3v) is 14.0. The molecule has 0 radical (unpaired) electrons. The van der Waals surface area contributed by atoms with Crippen molar-refractivity contribution in [2.24, 2.45) is 11.8 Å². The molecule has 0 saturated carbocycles. The Morgan fingerprint density at radius 1 is 0.773 bits per heavy atom. The van der Waals surface area contributed by atoms with Crippen LogP contribution in [0.2, 0.25) is 0 Å². The molecule has 4 N–H and O–H groups in total. The summed E-state index contributed by atoms with van der Waals surface area (Å²) >= 11 is 0. The monoisotopic (exact) mass is 905 g/mol. The van der Waals surface area contributed by atoms with Gasteiger partial charge in [-0.05, 0) is 109 Å². The molecule has 0 bridgehead atoms. The maximum atomic E-state index is 16.7. The number of nitrogens with zero attached hydrogens (tertiary/aromatic N) is 6. The van der Waals surface area contributed by atoms with Gasteiger partial charge in [-0.3, -0.25) is 14.5 Å². The Hall–Kier alpha value is -6.19. The number of amides is 4. The first-order chi connectivity index (χ1) is 31.4. The predicted octanol–water partition coefficient (Wildman–Crippen LogP) is 9.30. The SMILES string of the molecule is COC(=O)N[C@H](C(=O)N1CCCC1c1nc2ccc([C@H]3CC[C@H](c4ccc5nc([C@@H]6CCCN6C(=O)[C@H](C(C)C)N(C)C(=O)O)[nH]c5c4)N3c3ccc(C(C)(C)C)cc3F)cc2[nH]1)C(C)C. The molecule has 3 aliphatic heterocycles. The van der Waals surface area contributed by atoms with Crippen LogP contribution in [0, 0.1) is 17.7 Å². The minimum atomic E-state index is -1.15. The van der Waals surface area contributed by atoms with Crippen molar-refractivity contribution in [1.82, 2.24) is 40.0 Å². The number of likely N-dealkylation sites (tertiary alicyclic amines) is 2. The molecule has 0 aliphatic carbocycles. The van der Waals surface area contributed by atoms with Crippen molar-refractivity contribution in [3.05, 3.63) is 88.8 Å². The van der Waals surface area contributed by atoms with Crippen LogP contribution in [0.25, 0.3) is 22.1 Å². The zero-order valence-electron chi connectivity index (χ0n) is 39.5. The van der Waals surface area contributed by atoms with E-state index in [4.69, 9.17) is 14.7 Å². The van der Waals surface area contributed by atoms with Gasteiger partial charge < -0.3 is 39.8 Å². The van der Waals surface area contributed by atoms with Gasteiger partial charge >= 0.3 is 12.2 Å². The lowest BCUT2D eigenvalue weighted by molar-refractivity contribution is -0.138. The zero-order valence-corrected chi connectivity index (χ0v) is 39.5. The summed E-state index contributed by atoms with van der Waals surface area (Å²) in [6.07, 6.45) is 2.71. The van der Waals surface area contributed by atoms with Crippen LogP contribution in [0.15, 0.2) is 54.6 Å². The number of imidazole rings is 2. The third-order valence-electron chi connectivity index (χ3n) is 14.0. The highest BCUT2D eigenvalue weighted by Crippen LogP contribution is 2.49. The minimum absolute atomic E-state index is 0.152. The Kier molecular flexibility index (Phi) is 12.8. The molecule has 3 aliphatic rings. The molecule has 3 fully saturated rings. The number of hydrogen-bond donors (Lipinski definition) is 4. The van der Waals surface area contributed by atoms with E-state index in [2.05, 4.69) is 65.2 Å². The van der Waals surface area contributed by atoms with Gasteiger partial charge in [0.2, 0.25) is 11.8 Å². The molecule has 5 aromatic rings. The summed E-state index contributed by atoms with van der Waals surface area (Å²) in [4.78, 5) is 75.8. The van der Waals surface area contributed by atoms with Gasteiger partial charge in [0.15, 0.2) is 0 Å². The fraction of sp³-hybridized carbons (Fsp3) is 0.520. The van der Waals surface area contributed by atoms with E-state index in [1.54, 1.807) is 15.9 Å². The first-order valence-electron chi connectivity index (χ1n) is 23.3. The molecule has 4 amide bonds. The summed E-state index contributed by atoms with van der Waals surface area (Å²) in [5.41, 5.74) is 6.32. The van der Waals surface area contributed by atoms with Crippen molar-refractivity contribution in [3.63, 3.8) is 0 Å². The number of methoxy groups -OCH3 is 1. The van der Waals surface area contributed by atoms with Crippen LogP contribution in [-0.4, -0.2) is 103 Å². The number of hydrogen-bond acceptors (Lipinski definition) is 8. The van der Waals surface area contributed by atoms with Crippen LogP contribution < -0.4 is 10.2 Å². The number of H-pyrrole nitrogens is 2. The highest BCUT2D eigenvalue weighted by molar-refractivity contribution is 5.87. The van der Waals surface area contributed by atoms with Gasteiger partial charge in [0.1, 0.15) is 29.5 Å². The summed E-state index contributed by atoms with van der Waals surface area (Å²) in [5, 5.41) is 12.5. The van der Waals surface area contributed by atoms with Crippen molar-refractivity contribution >= 4 is 51.8 Å². The fourth-order valence-corrected chi connectivity index (χ4v) is 10.5. The number of alkyl carbamates (subject to hydrolysis) is 1. The highest BCUT2D eigenvalue weighted by atomic mass is 19.1. The number of benzene rings is 3. The van der Waals surface area contributed by atoms with Gasteiger partial charge in [0.05, 0.1) is 59.0 Å². The zero-order chi connectivity index (χ0) is 47.4. The van der Waals surface area contributed by atoms with Crippen molar-refractivity contribution < 1.29 is 33.4 Å². The molecule has 8 rings (SSSR count). The molecule has 6 atom stereocenters. The number of aromatic amines is 2. The molecular weight excluding hydrogens is 842 g/mol. The van der Waals surface area contributed by atoms with Gasteiger partial charge in [0.25, 0.3) is 0 Å². The molecule has 0 spiro atoms. The van der Waals surface area contributed by atoms with Gasteiger partial charge in [-0.15, -0.1) is 0 Å². The maximum absolute atomic E-state index is 16.7. The van der Waals surface area contributed by atoms with Crippen LogP contribution in [-0.2, 0) is 19.7 Å². The van der Waals surface area contributed by atoms with Crippen molar-refractivity contribution in [2.75, 3.05) is 32.1 Å². The molecule has 66 heavy (non-hydrogen) atoms. The maximum Gasteiger partial charge on any atom is 0.407 e. The molecule has 3 saturated heterocycles. The number of aromatic nitrogens is 4. The number of carboxylic acid groups (broad SMARTS) is 1. The highest BCUT2D eigenvalue weighted by Gasteiger charge is 2.42. The second-order valence-electron chi connectivity index (χ2n) is 20.0. The quantitative estimate of drug-likeness (QED) is 0.100. The smallest absolute Gasteiger partial charge is 0.407 e. The Labute approximate surface area is 385 Å². The Balaban J connectivity index is 1.11. The van der Waals surface area contributed by atoms with E-state index >= 15 is 4.39 Å². The lowest BCUT2D eigenvalue weighted by atomic mass is 9.87. The van der Waals surface area contributed by atoms with E-state index in [9.17, 15) is 24.3 Å². The first kappa shape index (κ1) is 46.3. The standard InChI is InChI=1S/C50H64FN9O6/c1-27(2)42(56-48(63)66-9)46(61)58-22-10-12-40(58)44-52-33-17-14-29(24-35(33)54-44)37-20-21-38(60(37)39-19-16-31(26-32(39)51)50(5,6)7)30-15-18-34-36(25-30)55-45(53-34)41-13-11-23-59(41)47(62)43(28(3)4)57(8)49(64)65/h14-19,24-28,37-38,40-43H,10-13,20-23H2,1-9H3,(H,52,54)(H,53,55)(H,56,63)(H,64,65)/t37-,38-,40?,41+,42+,43+/m1/s1. The largest absolute Gasteiger partial charge is 0.465 e. The van der Waals surface area contributed by atoms with Crippen LogP contribution >= 0.6 is 0 Å². The van der Waals surface area contributed by atoms with Gasteiger partial charge in [0, 0.05) is 20.1 Å². The van der Waals surface area contributed by atoms with Crippen LogP contribution in [0.5, 0.6) is 0 Å². The van der Waals surface area contributed by atoms with E-state index in [0.717, 1.165) is 75.8 Å². The van der Waals surface area contributed by atoms with Crippen LogP contribution in [0.4, 0.5) is 19.7 Å². The van der Waals surface area contributed by atoms with Crippen molar-refractivity contribution in [2.45, 2.75) is 129 Å². The number of fused-ring (bicyclic) bond motifs is 2. The van der Waals surface area contributed by atoms with Crippen LogP contribution in [0.3, 0.4) is 0 Å². The minimum Gasteiger partial charge on any atom is -0.465 e. The Bertz CT molecular complexity index is 2640. The molecule has 1 unspecified atom stereocenters. The molecule has 15 nitrogen and oxygen atoms in total. The normalized spacial score (nSPS) is 21.1. The number of halogens is 1. The van der Waals surface area contributed by atoms with Gasteiger partial charge in [-0.2, -0.15) is 0 Å². The second kappa shape index (κ2) is 18.2. The lowest BCUT2D eigenvalue weighted by Gasteiger charge is -2.34. The molecule has 2 aromatic heterocycles. The summed E-state index contributed by atoms with van der Waals surface area (Å²) in [7, 11) is 2.73. The van der Waals surface area contributed by atoms with Gasteiger partial charge in [-0.1, -0.05) is 66.7 Å². The number of rotatable bonds is 11. The third kappa shape index (κ3) is 8.78. The lowest BCUT2D eigenvalue weighted by Crippen LogP contribution is -2.51. The number of anilines is 1. The first-order valence-corrected chi connectivity index (χ1v) is 23.3. The van der Waals surface area contributed by atoms with Crippen LogP contribution in [0.1, 0.15) is 139 Å². The number of nitrogens with one attached hydrogen (secondary N) is 3. The van der Waals surface area contributed by atoms with E-state index in [0.29, 0.717) is 36.8 Å². The molecule has 5 heterocycles. The molecule has 3 aromatic carbocycles. The van der Waals surface area contributed by atoms with E-state index in [1.807, 2.05) is 52.0 Å². The van der Waals surface area contributed by atoms with Crippen molar-refractivity contribution in [3.8, 4) is 0 Å². The summed E-state index contributed by atoms with van der Waals surface area (Å²) in [6, 6.07) is 15.3. The average Bonchev–Trinajstić information content (AvgIpc) is 4.13. The second-order valence-corrected chi connectivity index (χ2v) is 20.0. The Morgan fingerprint density at radius 2 is 1.30 bits per heavy atom. The van der Waals surface area contributed by atoms with E-state index in [1.165, 1.54) is 14.2 Å². The molecule has 16 heteroatoms. The average molecular weight is 906 g/mol. The van der Waals surface area contributed by atoms with Gasteiger partial charge in [-0.25, -0.2) is 23.9 Å². The number of carbonyl (C=O) groups excluding carboxylic acids is 3. The van der Waals surface area contributed by atoms with E-state index in [-0.39, 0.29) is 59.0 Å². The Morgan fingerprint density at radius 3 is 1.76 bits per heavy atom. The topological polar surface area (TPSA) is 180 Å². The number of ether oxygens (including phenoxy) is 1. The van der Waals surface area contributed by atoms with Crippen molar-refractivity contribution in [1.29, 1.82) is 0 Å².